The van der Waals surface area contributed by atoms with Crippen LogP contribution < -0.4 is 5.73 Å². The van der Waals surface area contributed by atoms with E-state index in [-0.39, 0.29) is 5.75 Å². The number of allylic oxidation sites excluding steroid dienone is 4. The maximum Gasteiger partial charge on any atom is 0.138 e. The highest BCUT2D eigenvalue weighted by molar-refractivity contribution is 5.64. The lowest BCUT2D eigenvalue weighted by Gasteiger charge is -2.38. The average Bonchev–Trinajstić information content (AvgIpc) is 2.21. The van der Waals surface area contributed by atoms with Gasteiger partial charge in [0.15, 0.2) is 0 Å². The highest BCUT2D eigenvalue weighted by atomic mass is 16.3. The van der Waals surface area contributed by atoms with Crippen LogP contribution in [0.25, 0.3) is 0 Å². The molecular formula is C12H11NO. The van der Waals surface area contributed by atoms with Crippen molar-refractivity contribution in [2.75, 3.05) is 5.73 Å². The lowest BCUT2D eigenvalue weighted by Crippen LogP contribution is -2.22. The largest absolute Gasteiger partial charge is 0.506 e. The van der Waals surface area contributed by atoms with E-state index < -0.39 is 0 Å². The van der Waals surface area contributed by atoms with E-state index in [2.05, 4.69) is 24.3 Å². The summed E-state index contributed by atoms with van der Waals surface area (Å²) >= 11 is 0. The minimum absolute atomic E-state index is 0.199. The molecule has 0 saturated carbocycles. The van der Waals surface area contributed by atoms with Gasteiger partial charge in [-0.3, -0.25) is 0 Å². The van der Waals surface area contributed by atoms with Crippen molar-refractivity contribution >= 4 is 5.69 Å². The molecule has 3 rings (SSSR count). The molecule has 0 heterocycles. The monoisotopic (exact) mass is 185 g/mol. The number of phenols is 1. The Labute approximate surface area is 82.4 Å². The molecule has 2 atom stereocenters. The summed E-state index contributed by atoms with van der Waals surface area (Å²) in [7, 11) is 0. The van der Waals surface area contributed by atoms with E-state index in [1.165, 1.54) is 11.1 Å². The highest BCUT2D eigenvalue weighted by Gasteiger charge is 2.35. The third kappa shape index (κ3) is 0.803. The predicted octanol–water partition coefficient (Wildman–Crippen LogP) is 2.28. The zero-order valence-corrected chi connectivity index (χ0v) is 7.64. The molecule has 0 aliphatic heterocycles. The lowest BCUT2D eigenvalue weighted by molar-refractivity contribution is 0.473. The van der Waals surface area contributed by atoms with Gasteiger partial charge < -0.3 is 10.8 Å². The van der Waals surface area contributed by atoms with E-state index >= 15 is 0 Å². The number of phenolic OH excluding ortho intramolecular Hbond substituents is 1. The van der Waals surface area contributed by atoms with Gasteiger partial charge in [-0.25, -0.2) is 0 Å². The maximum atomic E-state index is 9.48. The van der Waals surface area contributed by atoms with Gasteiger partial charge in [-0.15, -0.1) is 0 Å². The Morgan fingerprint density at radius 2 is 1.57 bits per heavy atom. The van der Waals surface area contributed by atoms with Crippen LogP contribution in [0, 0.1) is 0 Å². The molecule has 3 N–H and O–H groups in total. The molecule has 70 valence electrons. The molecule has 0 radical (unpaired) electrons. The molecule has 2 nitrogen and oxygen atoms in total. The molecule has 2 heteroatoms. The van der Waals surface area contributed by atoms with Crippen LogP contribution in [0.3, 0.4) is 0 Å². The molecule has 0 amide bonds. The van der Waals surface area contributed by atoms with E-state index in [1.54, 1.807) is 6.07 Å². The zero-order valence-electron chi connectivity index (χ0n) is 7.64. The molecule has 1 aromatic rings. The van der Waals surface area contributed by atoms with E-state index in [4.69, 9.17) is 5.73 Å². The molecule has 0 saturated heterocycles. The topological polar surface area (TPSA) is 46.2 Å². The number of nitrogen functional groups attached to an aromatic ring is 1. The fraction of sp³-hybridized carbons (Fsp3) is 0.167. The van der Waals surface area contributed by atoms with E-state index in [0.29, 0.717) is 17.5 Å². The Kier molecular flexibility index (Phi) is 1.32. The van der Waals surface area contributed by atoms with Gasteiger partial charge >= 0.3 is 0 Å². The van der Waals surface area contributed by atoms with Crippen LogP contribution in [0.15, 0.2) is 36.4 Å². The molecule has 2 aliphatic carbocycles. The van der Waals surface area contributed by atoms with Crippen molar-refractivity contribution in [2.24, 2.45) is 0 Å². The van der Waals surface area contributed by atoms with E-state index in [1.807, 2.05) is 6.07 Å². The second kappa shape index (κ2) is 2.41. The van der Waals surface area contributed by atoms with Crippen molar-refractivity contribution in [3.8, 4) is 5.75 Å². The summed E-state index contributed by atoms with van der Waals surface area (Å²) in [5.41, 5.74) is 8.60. The minimum atomic E-state index is 0.199. The first-order valence-electron chi connectivity index (χ1n) is 4.74. The summed E-state index contributed by atoms with van der Waals surface area (Å²) in [6, 6.07) is 3.67. The predicted molar refractivity (Wildman–Crippen MR) is 56.3 cm³/mol. The molecule has 1 aromatic carbocycles. The Hall–Kier alpha value is -1.70. The fourth-order valence-corrected chi connectivity index (χ4v) is 2.32. The molecule has 0 spiro atoms. The average molecular weight is 185 g/mol. The summed E-state index contributed by atoms with van der Waals surface area (Å²) in [5, 5.41) is 9.48. The smallest absolute Gasteiger partial charge is 0.138 e. The summed E-state index contributed by atoms with van der Waals surface area (Å²) in [4.78, 5) is 0. The van der Waals surface area contributed by atoms with E-state index in [9.17, 15) is 5.11 Å². The lowest BCUT2D eigenvalue weighted by atomic mass is 9.66. The second-order valence-corrected chi connectivity index (χ2v) is 3.86. The number of aromatic hydroxyl groups is 1. The molecular weight excluding hydrogens is 174 g/mol. The number of nitrogens with two attached hydrogens (primary N) is 1. The first-order valence-corrected chi connectivity index (χ1v) is 4.74. The van der Waals surface area contributed by atoms with Crippen LogP contribution in [-0.2, 0) is 0 Å². The van der Waals surface area contributed by atoms with Gasteiger partial charge in [0, 0.05) is 11.8 Å². The Bertz CT molecular complexity index is 417. The van der Waals surface area contributed by atoms with Crippen molar-refractivity contribution in [3.63, 3.8) is 0 Å². The SMILES string of the molecule is Nc1cc2c(cc1O)[C@H]1C=CC=C[C@@H]21. The first kappa shape index (κ1) is 7.68. The van der Waals surface area contributed by atoms with E-state index in [0.717, 1.165) is 0 Å². The van der Waals surface area contributed by atoms with Gasteiger partial charge in [-0.1, -0.05) is 24.3 Å². The third-order valence-electron chi connectivity index (χ3n) is 3.09. The van der Waals surface area contributed by atoms with Gasteiger partial charge in [0.05, 0.1) is 5.69 Å². The van der Waals surface area contributed by atoms with Gasteiger partial charge in [0.25, 0.3) is 0 Å². The number of rotatable bonds is 0. The van der Waals surface area contributed by atoms with Crippen LogP contribution in [-0.4, -0.2) is 5.11 Å². The number of fused-ring (bicyclic) bond motifs is 4. The summed E-state index contributed by atoms with van der Waals surface area (Å²) < 4.78 is 0. The summed E-state index contributed by atoms with van der Waals surface area (Å²) in [5.74, 6) is 1.12. The molecule has 0 fully saturated rings. The van der Waals surface area contributed by atoms with Crippen LogP contribution in [0.2, 0.25) is 0 Å². The van der Waals surface area contributed by atoms with Crippen LogP contribution in [0.4, 0.5) is 5.69 Å². The van der Waals surface area contributed by atoms with Gasteiger partial charge in [-0.2, -0.15) is 0 Å². The third-order valence-corrected chi connectivity index (χ3v) is 3.09. The minimum Gasteiger partial charge on any atom is -0.506 e. The summed E-state index contributed by atoms with van der Waals surface area (Å²) in [6.45, 7) is 0. The molecule has 0 aromatic heterocycles. The number of benzene rings is 1. The zero-order chi connectivity index (χ0) is 9.71. The molecule has 14 heavy (non-hydrogen) atoms. The van der Waals surface area contributed by atoms with Crippen molar-refractivity contribution in [3.05, 3.63) is 47.6 Å². The molecule has 0 bridgehead atoms. The van der Waals surface area contributed by atoms with Crippen LogP contribution >= 0.6 is 0 Å². The quantitative estimate of drug-likeness (QED) is 0.481. The standard InChI is InChI=1S/C12H11NO/c13-11-5-9-7-3-1-2-4-8(7)10(9)6-12(11)14/h1-8,14H,13H2/t7-,8+/m1/s1. The number of hydrogen-bond acceptors (Lipinski definition) is 2. The summed E-state index contributed by atoms with van der Waals surface area (Å²) in [6.07, 6.45) is 8.47. The number of hydrogen-bond donors (Lipinski definition) is 2. The fourth-order valence-electron chi connectivity index (χ4n) is 2.32. The molecule has 2 aliphatic rings. The molecule has 0 unspecified atom stereocenters. The van der Waals surface area contributed by atoms with Crippen molar-refractivity contribution < 1.29 is 5.11 Å². The van der Waals surface area contributed by atoms with Gasteiger partial charge in [0.1, 0.15) is 5.75 Å². The van der Waals surface area contributed by atoms with Crippen LogP contribution in [0.5, 0.6) is 5.75 Å². The maximum absolute atomic E-state index is 9.48. The normalized spacial score (nSPS) is 26.6. The number of anilines is 1. The van der Waals surface area contributed by atoms with Gasteiger partial charge in [0.2, 0.25) is 0 Å². The van der Waals surface area contributed by atoms with Gasteiger partial charge in [-0.05, 0) is 23.3 Å². The van der Waals surface area contributed by atoms with Crippen LogP contribution in [0.1, 0.15) is 23.0 Å². The van der Waals surface area contributed by atoms with Crippen molar-refractivity contribution in [1.82, 2.24) is 0 Å². The Balaban J connectivity index is 2.16. The Morgan fingerprint density at radius 1 is 1.00 bits per heavy atom. The Morgan fingerprint density at radius 3 is 2.21 bits per heavy atom. The second-order valence-electron chi connectivity index (χ2n) is 3.86. The first-order chi connectivity index (χ1) is 6.77. The highest BCUT2D eigenvalue weighted by Crippen LogP contribution is 2.51. The van der Waals surface area contributed by atoms with Crippen molar-refractivity contribution in [2.45, 2.75) is 11.8 Å². The van der Waals surface area contributed by atoms with Crippen molar-refractivity contribution in [1.29, 1.82) is 0 Å².